The molecule has 1 atom stereocenters. The molecule has 1 aliphatic rings. The fourth-order valence-electron chi connectivity index (χ4n) is 3.44. The summed E-state index contributed by atoms with van der Waals surface area (Å²) in [6.45, 7) is 3.23. The van der Waals surface area contributed by atoms with Crippen LogP contribution in [-0.2, 0) is 18.2 Å². The van der Waals surface area contributed by atoms with Crippen molar-refractivity contribution in [3.05, 3.63) is 47.8 Å². The number of ether oxygens (including phenoxy) is 1. The van der Waals surface area contributed by atoms with E-state index in [1.54, 1.807) is 0 Å². The zero-order chi connectivity index (χ0) is 19.9. The van der Waals surface area contributed by atoms with Gasteiger partial charge >= 0.3 is 0 Å². The summed E-state index contributed by atoms with van der Waals surface area (Å²) in [5, 5.41) is 7.76. The molecular weight excluding hydrogens is 479 g/mol. The van der Waals surface area contributed by atoms with Crippen molar-refractivity contribution >= 4 is 35.6 Å². The van der Waals surface area contributed by atoms with E-state index in [4.69, 9.17) is 4.74 Å². The van der Waals surface area contributed by atoms with Crippen LogP contribution in [0.2, 0.25) is 0 Å². The van der Waals surface area contributed by atoms with Gasteiger partial charge in [0.1, 0.15) is 6.10 Å². The van der Waals surface area contributed by atoms with E-state index < -0.39 is 0 Å². The van der Waals surface area contributed by atoms with Crippen LogP contribution in [0.5, 0.6) is 0 Å². The van der Waals surface area contributed by atoms with Crippen molar-refractivity contribution in [2.45, 2.75) is 18.9 Å². The van der Waals surface area contributed by atoms with Gasteiger partial charge in [0.25, 0.3) is 0 Å². The lowest BCUT2D eigenvalue weighted by Gasteiger charge is -2.34. The Morgan fingerprint density at radius 1 is 1.31 bits per heavy atom. The van der Waals surface area contributed by atoms with E-state index in [0.29, 0.717) is 6.61 Å². The van der Waals surface area contributed by atoms with Gasteiger partial charge in [0.2, 0.25) is 0 Å². The Morgan fingerprint density at radius 2 is 2.07 bits per heavy atom. The van der Waals surface area contributed by atoms with E-state index in [1.165, 1.54) is 11.3 Å². The van der Waals surface area contributed by atoms with Gasteiger partial charge in [-0.25, -0.2) is 0 Å². The monoisotopic (exact) mass is 512 g/mol. The molecule has 1 aliphatic heterocycles. The Balaban J connectivity index is 0.00000300. The van der Waals surface area contributed by atoms with Crippen LogP contribution in [0.15, 0.2) is 41.7 Å². The Labute approximate surface area is 191 Å². The molecule has 3 rings (SSSR count). The van der Waals surface area contributed by atoms with Crippen LogP contribution in [0.4, 0.5) is 5.69 Å². The van der Waals surface area contributed by atoms with Crippen molar-refractivity contribution in [3.8, 4) is 0 Å². The maximum atomic E-state index is 5.93. The molecule has 0 aliphatic carbocycles. The van der Waals surface area contributed by atoms with Crippen LogP contribution in [0.3, 0.4) is 0 Å². The molecule has 1 N–H and O–H groups in total. The Bertz CT molecular complexity index is 774. The molecule has 1 unspecified atom stereocenters. The minimum Gasteiger partial charge on any atom is -0.378 e. The van der Waals surface area contributed by atoms with Crippen LogP contribution in [-0.4, -0.2) is 68.0 Å². The number of guanidine groups is 1. The number of morpholine rings is 1. The predicted octanol–water partition coefficient (Wildman–Crippen LogP) is 2.69. The fourth-order valence-corrected chi connectivity index (χ4v) is 3.44. The molecule has 2 aromatic rings. The van der Waals surface area contributed by atoms with E-state index in [1.807, 2.05) is 31.2 Å². The third-order valence-corrected chi connectivity index (χ3v) is 5.05. The maximum Gasteiger partial charge on any atom is 0.193 e. The summed E-state index contributed by atoms with van der Waals surface area (Å²) >= 11 is 0. The molecule has 0 amide bonds. The number of aliphatic imine (C=N–C) groups is 1. The molecule has 1 aromatic carbocycles. The average molecular weight is 512 g/mol. The molecule has 7 nitrogen and oxygen atoms in total. The molecule has 0 bridgehead atoms. The number of halogens is 1. The van der Waals surface area contributed by atoms with E-state index in [9.17, 15) is 0 Å². The summed E-state index contributed by atoms with van der Waals surface area (Å²) in [4.78, 5) is 8.86. The number of aromatic nitrogens is 2. The van der Waals surface area contributed by atoms with Gasteiger partial charge in [0.15, 0.2) is 5.96 Å². The highest BCUT2D eigenvalue weighted by Crippen LogP contribution is 2.21. The molecule has 1 fully saturated rings. The second-order valence-corrected chi connectivity index (χ2v) is 7.39. The molecule has 0 saturated carbocycles. The van der Waals surface area contributed by atoms with Crippen LogP contribution >= 0.6 is 24.0 Å². The zero-order valence-corrected chi connectivity index (χ0v) is 20.2. The van der Waals surface area contributed by atoms with Crippen LogP contribution < -0.4 is 10.2 Å². The minimum absolute atomic E-state index is 0. The summed E-state index contributed by atoms with van der Waals surface area (Å²) in [5.41, 5.74) is 3.71. The number of rotatable bonds is 6. The van der Waals surface area contributed by atoms with Crippen LogP contribution in [0.25, 0.3) is 0 Å². The maximum absolute atomic E-state index is 5.93. The zero-order valence-electron chi connectivity index (χ0n) is 17.8. The molecule has 0 radical (unpaired) electrons. The predicted molar refractivity (Wildman–Crippen MR) is 129 cm³/mol. The molecule has 1 saturated heterocycles. The molecule has 8 heteroatoms. The third kappa shape index (κ3) is 6.60. The fraction of sp³-hybridized carbons (Fsp3) is 0.524. The van der Waals surface area contributed by atoms with Crippen LogP contribution in [0, 0.1) is 0 Å². The summed E-state index contributed by atoms with van der Waals surface area (Å²) in [5.74, 6) is 0.945. The van der Waals surface area contributed by atoms with E-state index in [0.717, 1.165) is 44.0 Å². The normalized spacial score (nSPS) is 17.0. The third-order valence-electron chi connectivity index (χ3n) is 5.05. The molecular formula is C21H33IN6O. The van der Waals surface area contributed by atoms with Gasteiger partial charge in [-0.3, -0.25) is 9.67 Å². The van der Waals surface area contributed by atoms with Crippen molar-refractivity contribution in [1.29, 1.82) is 0 Å². The van der Waals surface area contributed by atoms with Crippen LogP contribution in [0.1, 0.15) is 23.7 Å². The summed E-state index contributed by atoms with van der Waals surface area (Å²) in [6.07, 6.45) is 6.06. The number of hydrogen-bond acceptors (Lipinski definition) is 4. The van der Waals surface area contributed by atoms with Crippen molar-refractivity contribution in [2.75, 3.05) is 52.3 Å². The quantitative estimate of drug-likeness (QED) is 0.279. The number of anilines is 1. The molecule has 0 spiro atoms. The van der Waals surface area contributed by atoms with Gasteiger partial charge in [0, 0.05) is 58.7 Å². The lowest BCUT2D eigenvalue weighted by Crippen LogP contribution is -2.48. The average Bonchev–Trinajstić information content (AvgIpc) is 3.15. The lowest BCUT2D eigenvalue weighted by atomic mass is 10.1. The highest BCUT2D eigenvalue weighted by molar-refractivity contribution is 14.0. The minimum atomic E-state index is 0. The smallest absolute Gasteiger partial charge is 0.193 e. The molecule has 1 aromatic heterocycles. The van der Waals surface area contributed by atoms with Crippen molar-refractivity contribution in [3.63, 3.8) is 0 Å². The summed E-state index contributed by atoms with van der Waals surface area (Å²) in [6, 6.07) is 8.78. The summed E-state index contributed by atoms with van der Waals surface area (Å²) in [7, 11) is 7.90. The number of aryl methyl sites for hydroxylation is 2. The second-order valence-electron chi connectivity index (χ2n) is 7.39. The van der Waals surface area contributed by atoms with Gasteiger partial charge in [-0.05, 0) is 30.5 Å². The van der Waals surface area contributed by atoms with E-state index in [2.05, 4.69) is 63.6 Å². The SMILES string of the molecule is CN=C(NCCCc1ccc(N(C)C)cc1)N1CCOC(c2cnn(C)c2)C1.I. The standard InChI is InChI=1S/C21H32N6O.HI/c1-22-21(23-11-5-6-17-7-9-19(10-8-17)25(2)3)27-12-13-28-20(16-27)18-14-24-26(4)15-18;/h7-10,14-15,20H,5-6,11-13,16H2,1-4H3,(H,22,23);1H. The summed E-state index contributed by atoms with van der Waals surface area (Å²) < 4.78 is 7.75. The first-order valence-electron chi connectivity index (χ1n) is 9.89. The van der Waals surface area contributed by atoms with Crippen molar-refractivity contribution in [2.24, 2.45) is 12.0 Å². The number of hydrogen-bond donors (Lipinski definition) is 1. The Morgan fingerprint density at radius 3 is 2.69 bits per heavy atom. The topological polar surface area (TPSA) is 57.9 Å². The van der Waals surface area contributed by atoms with E-state index >= 15 is 0 Å². The van der Waals surface area contributed by atoms with Crippen molar-refractivity contribution < 1.29 is 4.74 Å². The number of nitrogens with one attached hydrogen (secondary N) is 1. The van der Waals surface area contributed by atoms with Gasteiger partial charge in [-0.15, -0.1) is 24.0 Å². The first-order valence-corrected chi connectivity index (χ1v) is 9.89. The highest BCUT2D eigenvalue weighted by atomic mass is 127. The Kier molecular flexibility index (Phi) is 9.22. The van der Waals surface area contributed by atoms with Gasteiger partial charge < -0.3 is 19.9 Å². The first-order chi connectivity index (χ1) is 13.6. The molecule has 160 valence electrons. The van der Waals surface area contributed by atoms with Crippen molar-refractivity contribution in [1.82, 2.24) is 20.0 Å². The Hall–Kier alpha value is -1.81. The highest BCUT2D eigenvalue weighted by Gasteiger charge is 2.24. The van der Waals surface area contributed by atoms with E-state index in [-0.39, 0.29) is 30.1 Å². The lowest BCUT2D eigenvalue weighted by molar-refractivity contribution is -0.00801. The number of nitrogens with zero attached hydrogens (tertiary/aromatic N) is 5. The van der Waals surface area contributed by atoms with Gasteiger partial charge in [-0.2, -0.15) is 5.10 Å². The largest absolute Gasteiger partial charge is 0.378 e. The van der Waals surface area contributed by atoms with Gasteiger partial charge in [0.05, 0.1) is 19.3 Å². The number of benzene rings is 1. The molecule has 29 heavy (non-hydrogen) atoms. The second kappa shape index (κ2) is 11.4. The first kappa shape index (κ1) is 23.5. The molecule has 2 heterocycles. The van der Waals surface area contributed by atoms with Gasteiger partial charge in [-0.1, -0.05) is 12.1 Å².